The summed E-state index contributed by atoms with van der Waals surface area (Å²) in [5, 5.41) is 14.9. The van der Waals surface area contributed by atoms with Crippen molar-refractivity contribution in [1.29, 1.82) is 0 Å². The maximum absolute atomic E-state index is 13.2. The Morgan fingerprint density at radius 1 is 1.00 bits per heavy atom. The summed E-state index contributed by atoms with van der Waals surface area (Å²) in [7, 11) is 0. The second-order valence-corrected chi connectivity index (χ2v) is 8.20. The number of non-ortho nitro benzene ring substituents is 1. The molecule has 4 aromatic rings. The lowest BCUT2D eigenvalue weighted by molar-refractivity contribution is -0.384. The van der Waals surface area contributed by atoms with E-state index in [1.165, 1.54) is 24.5 Å². The van der Waals surface area contributed by atoms with Gasteiger partial charge in [0.05, 0.1) is 17.7 Å². The van der Waals surface area contributed by atoms with Crippen molar-refractivity contribution in [3.05, 3.63) is 112 Å². The fraction of sp³-hybridized carbons (Fsp3) is 0.0741. The minimum atomic E-state index is -0.844. The summed E-state index contributed by atoms with van der Waals surface area (Å²) in [6.45, 7) is -0.132. The zero-order valence-electron chi connectivity index (χ0n) is 19.2. The van der Waals surface area contributed by atoms with Crippen LogP contribution in [0.15, 0.2) is 89.0 Å². The molecule has 0 radical (unpaired) electrons. The van der Waals surface area contributed by atoms with Crippen LogP contribution in [0.4, 0.5) is 10.5 Å². The summed E-state index contributed by atoms with van der Waals surface area (Å²) < 4.78 is 11.3. The number of nitro groups is 1. The van der Waals surface area contributed by atoms with Gasteiger partial charge in [0.25, 0.3) is 17.5 Å². The number of carbonyl (C=O) groups is 3. The molecule has 0 aliphatic carbocycles. The number of rotatable bonds is 7. The lowest BCUT2D eigenvalue weighted by Crippen LogP contribution is -2.53. The Morgan fingerprint density at radius 3 is 2.62 bits per heavy atom. The normalized spacial score (nSPS) is 14.8. The van der Waals surface area contributed by atoms with Gasteiger partial charge >= 0.3 is 6.03 Å². The molecule has 0 atom stereocenters. The van der Waals surface area contributed by atoms with Crippen LogP contribution in [-0.2, 0) is 22.7 Å². The number of amides is 4. The first kappa shape index (κ1) is 23.5. The van der Waals surface area contributed by atoms with E-state index < -0.39 is 22.8 Å². The standard InChI is InChI=1S/C27H19N3O7/c31-25-23(26(32)29(27(33)28-25)15-20-8-4-12-36-20)14-22-21-9-2-1-6-18(21)10-11-24(22)37-16-17-5-3-7-19(13-17)30(34)35/h1-14H,15-16H2,(H,28,31,33)/b23-14+. The number of hydrogen-bond acceptors (Lipinski definition) is 7. The molecule has 1 aliphatic rings. The van der Waals surface area contributed by atoms with Crippen molar-refractivity contribution < 1.29 is 28.5 Å². The van der Waals surface area contributed by atoms with Crippen molar-refractivity contribution >= 4 is 40.4 Å². The lowest BCUT2D eigenvalue weighted by atomic mass is 9.99. The molecule has 184 valence electrons. The molecule has 1 fully saturated rings. The van der Waals surface area contributed by atoms with E-state index >= 15 is 0 Å². The van der Waals surface area contributed by atoms with Gasteiger partial charge in [-0.1, -0.05) is 42.5 Å². The van der Waals surface area contributed by atoms with E-state index in [-0.39, 0.29) is 24.4 Å². The third-order valence-electron chi connectivity index (χ3n) is 5.81. The molecule has 5 rings (SSSR count). The number of benzene rings is 3. The molecule has 0 unspecified atom stereocenters. The average Bonchev–Trinajstić information content (AvgIpc) is 3.41. The van der Waals surface area contributed by atoms with Crippen molar-refractivity contribution in [3.63, 3.8) is 0 Å². The number of carbonyl (C=O) groups excluding carboxylic acids is 3. The van der Waals surface area contributed by atoms with E-state index in [2.05, 4.69) is 5.32 Å². The van der Waals surface area contributed by atoms with E-state index in [0.717, 1.165) is 10.3 Å². The first-order chi connectivity index (χ1) is 17.9. The van der Waals surface area contributed by atoms with Gasteiger partial charge in [0, 0.05) is 17.7 Å². The summed E-state index contributed by atoms with van der Waals surface area (Å²) in [5.74, 6) is -0.873. The van der Waals surface area contributed by atoms with Crippen molar-refractivity contribution in [2.24, 2.45) is 0 Å². The van der Waals surface area contributed by atoms with Crippen LogP contribution < -0.4 is 10.1 Å². The van der Waals surface area contributed by atoms with Crippen LogP contribution in [-0.4, -0.2) is 27.7 Å². The molecular formula is C27H19N3O7. The van der Waals surface area contributed by atoms with Crippen LogP contribution in [0.3, 0.4) is 0 Å². The molecule has 0 bridgehead atoms. The highest BCUT2D eigenvalue weighted by Crippen LogP contribution is 2.32. The summed E-state index contributed by atoms with van der Waals surface area (Å²) in [4.78, 5) is 49.9. The molecular weight excluding hydrogens is 478 g/mol. The zero-order chi connectivity index (χ0) is 25.9. The van der Waals surface area contributed by atoms with Crippen molar-refractivity contribution in [2.45, 2.75) is 13.2 Å². The van der Waals surface area contributed by atoms with Gasteiger partial charge in [-0.15, -0.1) is 0 Å². The Hall–Kier alpha value is -5.25. The molecule has 1 N–H and O–H groups in total. The molecule has 37 heavy (non-hydrogen) atoms. The predicted octanol–water partition coefficient (Wildman–Crippen LogP) is 4.58. The fourth-order valence-corrected chi connectivity index (χ4v) is 4.01. The summed E-state index contributed by atoms with van der Waals surface area (Å²) in [6.07, 6.45) is 2.81. The van der Waals surface area contributed by atoms with Gasteiger partial charge in [0.15, 0.2) is 0 Å². The van der Waals surface area contributed by atoms with E-state index in [0.29, 0.717) is 28.0 Å². The maximum atomic E-state index is 13.2. The Morgan fingerprint density at radius 2 is 1.84 bits per heavy atom. The van der Waals surface area contributed by atoms with Crippen LogP contribution in [0, 0.1) is 10.1 Å². The van der Waals surface area contributed by atoms with Gasteiger partial charge in [-0.3, -0.25) is 29.9 Å². The van der Waals surface area contributed by atoms with Crippen LogP contribution in [0.2, 0.25) is 0 Å². The third-order valence-corrected chi connectivity index (χ3v) is 5.81. The zero-order valence-corrected chi connectivity index (χ0v) is 19.2. The molecule has 10 heteroatoms. The van der Waals surface area contributed by atoms with Gasteiger partial charge in [0.1, 0.15) is 23.7 Å². The van der Waals surface area contributed by atoms with Crippen molar-refractivity contribution in [3.8, 4) is 5.75 Å². The topological polar surface area (TPSA) is 132 Å². The number of barbiturate groups is 1. The van der Waals surface area contributed by atoms with Crippen molar-refractivity contribution in [1.82, 2.24) is 10.2 Å². The van der Waals surface area contributed by atoms with E-state index in [1.807, 2.05) is 30.3 Å². The monoisotopic (exact) mass is 497 g/mol. The highest BCUT2D eigenvalue weighted by molar-refractivity contribution is 6.31. The molecule has 0 saturated carbocycles. The maximum Gasteiger partial charge on any atom is 0.331 e. The Kier molecular flexibility index (Phi) is 6.21. The number of nitrogens with zero attached hydrogens (tertiary/aromatic N) is 2. The molecule has 0 spiro atoms. The number of nitro benzene ring substituents is 1. The minimum Gasteiger partial charge on any atom is -0.488 e. The molecule has 4 amide bonds. The van der Waals surface area contributed by atoms with Crippen molar-refractivity contribution in [2.75, 3.05) is 0 Å². The molecule has 1 aromatic heterocycles. The van der Waals surface area contributed by atoms with Gasteiger partial charge in [-0.25, -0.2) is 4.79 Å². The SMILES string of the molecule is O=C1NC(=O)N(Cc2ccco2)C(=O)/C1=C/c1c(OCc2cccc([N+](=O)[O-])c2)ccc2ccccc12. The first-order valence-electron chi connectivity index (χ1n) is 11.2. The number of fused-ring (bicyclic) bond motifs is 1. The number of imide groups is 2. The fourth-order valence-electron chi connectivity index (χ4n) is 4.01. The second kappa shape index (κ2) is 9.78. The second-order valence-electron chi connectivity index (χ2n) is 8.20. The van der Waals surface area contributed by atoms with E-state index in [1.54, 1.807) is 30.3 Å². The number of urea groups is 1. The average molecular weight is 497 g/mol. The highest BCUT2D eigenvalue weighted by Gasteiger charge is 2.36. The predicted molar refractivity (Wildman–Crippen MR) is 132 cm³/mol. The number of furan rings is 1. The van der Waals surface area contributed by atoms with Gasteiger partial charge < -0.3 is 9.15 Å². The van der Waals surface area contributed by atoms with Gasteiger partial charge in [-0.05, 0) is 40.6 Å². The minimum absolute atomic E-state index is 0.0133. The van der Waals surface area contributed by atoms with Gasteiger partial charge in [0.2, 0.25) is 0 Å². The largest absolute Gasteiger partial charge is 0.488 e. The lowest BCUT2D eigenvalue weighted by Gasteiger charge is -2.25. The third kappa shape index (κ3) is 4.80. The van der Waals surface area contributed by atoms with Crippen LogP contribution in [0.1, 0.15) is 16.9 Å². The first-order valence-corrected chi connectivity index (χ1v) is 11.2. The Balaban J connectivity index is 1.53. The number of nitrogens with one attached hydrogen (secondary N) is 1. The summed E-state index contributed by atoms with van der Waals surface area (Å²) >= 11 is 0. The quantitative estimate of drug-likeness (QED) is 0.171. The van der Waals surface area contributed by atoms with Crippen LogP contribution in [0.25, 0.3) is 16.8 Å². The molecule has 1 aliphatic heterocycles. The van der Waals surface area contributed by atoms with E-state index in [9.17, 15) is 24.5 Å². The van der Waals surface area contributed by atoms with Gasteiger partial charge in [-0.2, -0.15) is 0 Å². The van der Waals surface area contributed by atoms with Crippen LogP contribution >= 0.6 is 0 Å². The van der Waals surface area contributed by atoms with Crippen LogP contribution in [0.5, 0.6) is 5.75 Å². The number of ether oxygens (including phenoxy) is 1. The number of hydrogen-bond donors (Lipinski definition) is 1. The summed E-state index contributed by atoms with van der Waals surface area (Å²) in [5.41, 5.74) is 0.715. The van der Waals surface area contributed by atoms with E-state index in [4.69, 9.17) is 9.15 Å². The Labute approximate surface area is 209 Å². The molecule has 2 heterocycles. The Bertz CT molecular complexity index is 1570. The molecule has 10 nitrogen and oxygen atoms in total. The highest BCUT2D eigenvalue weighted by atomic mass is 16.6. The summed E-state index contributed by atoms with van der Waals surface area (Å²) in [6, 6.07) is 19.3. The smallest absolute Gasteiger partial charge is 0.331 e. The molecule has 3 aromatic carbocycles. The molecule has 1 saturated heterocycles.